The van der Waals surface area contributed by atoms with Crippen molar-refractivity contribution < 1.29 is 14.2 Å². The molecule has 27 heavy (non-hydrogen) atoms. The van der Waals surface area contributed by atoms with Crippen LogP contribution in [0.4, 0.5) is 4.39 Å². The molecule has 1 N–H and O–H groups in total. The molecule has 1 aliphatic rings. The molecular formula is C24H25FO2. The minimum absolute atomic E-state index is 0. The molecule has 0 atom stereocenters. The minimum atomic E-state index is -0.393. The van der Waals surface area contributed by atoms with Crippen LogP contribution in [0.1, 0.15) is 30.5 Å². The number of fused-ring (bicyclic) bond motifs is 1. The Kier molecular flexibility index (Phi) is 6.78. The summed E-state index contributed by atoms with van der Waals surface area (Å²) in [5, 5.41) is 9.21. The van der Waals surface area contributed by atoms with E-state index in [0.29, 0.717) is 12.2 Å². The van der Waals surface area contributed by atoms with Crippen molar-refractivity contribution >= 4 is 5.57 Å². The molecule has 0 heterocycles. The van der Waals surface area contributed by atoms with E-state index in [4.69, 9.17) is 4.74 Å². The largest absolute Gasteiger partial charge is 0.509 e. The highest BCUT2D eigenvalue weighted by Gasteiger charge is 2.18. The van der Waals surface area contributed by atoms with Crippen molar-refractivity contribution in [2.75, 3.05) is 0 Å². The summed E-state index contributed by atoms with van der Waals surface area (Å²) in [5.41, 5.74) is 4.42. The molecule has 0 amide bonds. The zero-order chi connectivity index (χ0) is 18.5. The Balaban J connectivity index is 0.00000261. The molecule has 2 nitrogen and oxygen atoms in total. The molecule has 140 valence electrons. The number of hydrogen-bond donors (Lipinski definition) is 1. The number of aliphatic hydroxyl groups excluding tert-OH is 1. The van der Waals surface area contributed by atoms with Crippen LogP contribution in [0.3, 0.4) is 0 Å². The van der Waals surface area contributed by atoms with Gasteiger partial charge in [-0.3, -0.25) is 0 Å². The zero-order valence-corrected chi connectivity index (χ0v) is 14.5. The molecule has 0 bridgehead atoms. The summed E-state index contributed by atoms with van der Waals surface area (Å²) >= 11 is 0. The van der Waals surface area contributed by atoms with Gasteiger partial charge in [0.1, 0.15) is 12.4 Å². The van der Waals surface area contributed by atoms with Crippen LogP contribution < -0.4 is 4.74 Å². The fraction of sp³-hybridized carbons (Fsp3) is 0.167. The van der Waals surface area contributed by atoms with Gasteiger partial charge in [0.25, 0.3) is 0 Å². The van der Waals surface area contributed by atoms with Crippen molar-refractivity contribution in [1.29, 1.82) is 0 Å². The fourth-order valence-corrected chi connectivity index (χ4v) is 2.97. The van der Waals surface area contributed by atoms with Gasteiger partial charge in [-0.15, -0.1) is 0 Å². The normalized spacial score (nSPS) is 12.7. The third kappa shape index (κ3) is 4.98. The minimum Gasteiger partial charge on any atom is -0.509 e. The average molecular weight is 364 g/mol. The molecule has 0 unspecified atom stereocenters. The molecule has 1 aliphatic carbocycles. The lowest BCUT2D eigenvalue weighted by atomic mass is 9.87. The molecule has 0 saturated heterocycles. The topological polar surface area (TPSA) is 29.5 Å². The first-order valence-electron chi connectivity index (χ1n) is 8.49. The van der Waals surface area contributed by atoms with E-state index in [1.54, 1.807) is 12.1 Å². The van der Waals surface area contributed by atoms with Crippen LogP contribution in [-0.4, -0.2) is 5.11 Å². The van der Waals surface area contributed by atoms with E-state index in [0.717, 1.165) is 35.1 Å². The summed E-state index contributed by atoms with van der Waals surface area (Å²) in [7, 11) is 0. The molecule has 0 fully saturated rings. The van der Waals surface area contributed by atoms with Gasteiger partial charge in [0.05, 0.1) is 0 Å². The third-order valence-corrected chi connectivity index (χ3v) is 4.27. The second-order valence-corrected chi connectivity index (χ2v) is 6.22. The van der Waals surface area contributed by atoms with Gasteiger partial charge in [0.15, 0.2) is 11.6 Å². The average Bonchev–Trinajstić information content (AvgIpc) is 2.64. The SMILES string of the molecule is C.C=C(O)/C=C\C(=C)C1=CCCc2cc(OCc3ccccc3)c(F)cc21. The smallest absolute Gasteiger partial charge is 0.165 e. The van der Waals surface area contributed by atoms with E-state index in [1.165, 1.54) is 12.1 Å². The van der Waals surface area contributed by atoms with Crippen LogP contribution in [0, 0.1) is 5.82 Å². The Morgan fingerprint density at radius 1 is 1.15 bits per heavy atom. The fourth-order valence-electron chi connectivity index (χ4n) is 2.97. The van der Waals surface area contributed by atoms with Crippen molar-refractivity contribution in [3.05, 3.63) is 108 Å². The standard InChI is InChI=1S/C23H21FO2.CH4/c1-16(11-12-17(2)25)20-10-6-9-19-13-23(22(24)14-21(19)20)26-15-18-7-4-3-5-8-18;/h3-5,7-8,10-14,25H,1-2,6,9,15H2;1H4/b12-11-;. The van der Waals surface area contributed by atoms with Crippen LogP contribution in [0.25, 0.3) is 5.57 Å². The van der Waals surface area contributed by atoms with Crippen molar-refractivity contribution in [2.45, 2.75) is 26.9 Å². The molecule has 3 rings (SSSR count). The highest BCUT2D eigenvalue weighted by molar-refractivity contribution is 5.84. The van der Waals surface area contributed by atoms with Gasteiger partial charge in [0.2, 0.25) is 0 Å². The summed E-state index contributed by atoms with van der Waals surface area (Å²) in [6.45, 7) is 7.76. The van der Waals surface area contributed by atoms with E-state index in [1.807, 2.05) is 36.4 Å². The molecule has 0 aromatic heterocycles. The van der Waals surface area contributed by atoms with E-state index in [-0.39, 0.29) is 18.9 Å². The lowest BCUT2D eigenvalue weighted by molar-refractivity contribution is 0.290. The molecule has 0 saturated carbocycles. The van der Waals surface area contributed by atoms with Crippen molar-refractivity contribution in [3.63, 3.8) is 0 Å². The number of allylic oxidation sites excluding steroid dienone is 5. The Labute approximate surface area is 160 Å². The van der Waals surface area contributed by atoms with E-state index < -0.39 is 5.82 Å². The summed E-state index contributed by atoms with van der Waals surface area (Å²) in [5.74, 6) is -0.173. The predicted molar refractivity (Wildman–Crippen MR) is 110 cm³/mol. The zero-order valence-electron chi connectivity index (χ0n) is 14.5. The second-order valence-electron chi connectivity index (χ2n) is 6.22. The van der Waals surface area contributed by atoms with E-state index >= 15 is 0 Å². The van der Waals surface area contributed by atoms with Gasteiger partial charge in [-0.05, 0) is 58.9 Å². The Morgan fingerprint density at radius 3 is 2.59 bits per heavy atom. The molecule has 2 aromatic rings. The number of benzene rings is 2. The van der Waals surface area contributed by atoms with Crippen LogP contribution >= 0.6 is 0 Å². The predicted octanol–water partition coefficient (Wildman–Crippen LogP) is 6.55. The molecule has 2 aromatic carbocycles. The number of aliphatic hydroxyl groups is 1. The van der Waals surface area contributed by atoms with Crippen LogP contribution in [0.2, 0.25) is 0 Å². The monoisotopic (exact) mass is 364 g/mol. The molecule has 0 radical (unpaired) electrons. The van der Waals surface area contributed by atoms with Gasteiger partial charge in [-0.1, -0.05) is 63.1 Å². The number of halogens is 1. The first-order chi connectivity index (χ1) is 12.5. The van der Waals surface area contributed by atoms with Crippen molar-refractivity contribution in [1.82, 2.24) is 0 Å². The van der Waals surface area contributed by atoms with E-state index in [9.17, 15) is 9.50 Å². The second kappa shape index (κ2) is 9.04. The highest BCUT2D eigenvalue weighted by atomic mass is 19.1. The summed E-state index contributed by atoms with van der Waals surface area (Å²) in [6, 6.07) is 13.0. The maximum absolute atomic E-state index is 14.6. The van der Waals surface area contributed by atoms with Crippen LogP contribution in [0.15, 0.2) is 85.2 Å². The van der Waals surface area contributed by atoms with Crippen molar-refractivity contribution in [2.24, 2.45) is 0 Å². The van der Waals surface area contributed by atoms with Crippen LogP contribution in [-0.2, 0) is 13.0 Å². The number of rotatable bonds is 6. The summed E-state index contributed by atoms with van der Waals surface area (Å²) in [6.07, 6.45) is 6.87. The van der Waals surface area contributed by atoms with E-state index in [2.05, 4.69) is 13.2 Å². The maximum atomic E-state index is 14.6. The van der Waals surface area contributed by atoms with Crippen LogP contribution in [0.5, 0.6) is 5.75 Å². The lowest BCUT2D eigenvalue weighted by Gasteiger charge is -2.20. The first-order valence-corrected chi connectivity index (χ1v) is 8.49. The lowest BCUT2D eigenvalue weighted by Crippen LogP contribution is -2.05. The Morgan fingerprint density at radius 2 is 1.89 bits per heavy atom. The van der Waals surface area contributed by atoms with Gasteiger partial charge in [0, 0.05) is 0 Å². The molecule has 0 aliphatic heterocycles. The first kappa shape index (κ1) is 20.2. The Hall–Kier alpha value is -3.07. The summed E-state index contributed by atoms with van der Waals surface area (Å²) < 4.78 is 20.3. The Bertz CT molecular complexity index is 892. The van der Waals surface area contributed by atoms with Gasteiger partial charge < -0.3 is 9.84 Å². The third-order valence-electron chi connectivity index (χ3n) is 4.27. The maximum Gasteiger partial charge on any atom is 0.165 e. The molecule has 3 heteroatoms. The number of hydrogen-bond acceptors (Lipinski definition) is 2. The highest BCUT2D eigenvalue weighted by Crippen LogP contribution is 2.35. The summed E-state index contributed by atoms with van der Waals surface area (Å²) in [4.78, 5) is 0. The van der Waals surface area contributed by atoms with Crippen molar-refractivity contribution in [3.8, 4) is 5.75 Å². The molecule has 0 spiro atoms. The number of ether oxygens (including phenoxy) is 1. The van der Waals surface area contributed by atoms with Gasteiger partial charge in [-0.25, -0.2) is 4.39 Å². The molecular weight excluding hydrogens is 339 g/mol. The number of aryl methyl sites for hydroxylation is 1. The quantitative estimate of drug-likeness (QED) is 0.465. The van der Waals surface area contributed by atoms with Gasteiger partial charge >= 0.3 is 0 Å². The van der Waals surface area contributed by atoms with Gasteiger partial charge in [-0.2, -0.15) is 0 Å².